The molecule has 0 amide bonds. The Bertz CT molecular complexity index is 997. The first-order chi connectivity index (χ1) is 12.9. The molecule has 27 heavy (non-hydrogen) atoms. The zero-order valence-corrected chi connectivity index (χ0v) is 15.4. The predicted molar refractivity (Wildman–Crippen MR) is 106 cm³/mol. The lowest BCUT2D eigenvalue weighted by Crippen LogP contribution is -2.28. The SMILES string of the molecule is Cc1ccc(C2C(C#N)=C(N)OC(N)=C2C(=N)Cc2ccccc2)c(C)c1. The Morgan fingerprint density at radius 3 is 2.44 bits per heavy atom. The molecular weight excluding hydrogens is 336 g/mol. The van der Waals surface area contributed by atoms with E-state index in [1.165, 1.54) is 0 Å². The van der Waals surface area contributed by atoms with Gasteiger partial charge in [0.1, 0.15) is 11.6 Å². The summed E-state index contributed by atoms with van der Waals surface area (Å²) in [5, 5.41) is 18.4. The first kappa shape index (κ1) is 18.3. The second-order valence-electron chi connectivity index (χ2n) is 6.70. The molecule has 0 saturated carbocycles. The van der Waals surface area contributed by atoms with Crippen LogP contribution in [0.3, 0.4) is 0 Å². The molecule has 0 fully saturated rings. The van der Waals surface area contributed by atoms with Gasteiger partial charge < -0.3 is 21.6 Å². The van der Waals surface area contributed by atoms with E-state index in [2.05, 4.69) is 6.07 Å². The highest BCUT2D eigenvalue weighted by Gasteiger charge is 2.35. The highest BCUT2D eigenvalue weighted by atomic mass is 16.5. The summed E-state index contributed by atoms with van der Waals surface area (Å²) in [6, 6.07) is 17.9. The predicted octanol–water partition coefficient (Wildman–Crippen LogP) is 3.54. The third kappa shape index (κ3) is 3.56. The van der Waals surface area contributed by atoms with Gasteiger partial charge in [0.05, 0.1) is 5.92 Å². The number of nitrogens with one attached hydrogen (secondary N) is 1. The topological polar surface area (TPSA) is 109 Å². The second kappa shape index (κ2) is 7.38. The summed E-state index contributed by atoms with van der Waals surface area (Å²) in [6.07, 6.45) is 0.389. The summed E-state index contributed by atoms with van der Waals surface area (Å²) in [5.41, 5.74) is 17.2. The fourth-order valence-corrected chi connectivity index (χ4v) is 3.46. The van der Waals surface area contributed by atoms with E-state index in [-0.39, 0.29) is 17.3 Å². The number of nitrogens with two attached hydrogens (primary N) is 2. The molecule has 5 N–H and O–H groups in total. The number of nitriles is 1. The summed E-state index contributed by atoms with van der Waals surface area (Å²) in [6.45, 7) is 4.00. The van der Waals surface area contributed by atoms with Crippen molar-refractivity contribution in [1.82, 2.24) is 0 Å². The number of benzene rings is 2. The average molecular weight is 358 g/mol. The van der Waals surface area contributed by atoms with Crippen LogP contribution in [-0.2, 0) is 11.2 Å². The van der Waals surface area contributed by atoms with Crippen molar-refractivity contribution >= 4 is 5.71 Å². The largest absolute Gasteiger partial charge is 0.424 e. The molecule has 0 radical (unpaired) electrons. The van der Waals surface area contributed by atoms with Gasteiger partial charge in [-0.25, -0.2) is 0 Å². The zero-order chi connectivity index (χ0) is 19.6. The molecule has 5 nitrogen and oxygen atoms in total. The maximum atomic E-state index is 9.71. The van der Waals surface area contributed by atoms with Gasteiger partial charge >= 0.3 is 0 Å². The van der Waals surface area contributed by atoms with Crippen LogP contribution in [-0.4, -0.2) is 5.71 Å². The van der Waals surface area contributed by atoms with Crippen molar-refractivity contribution in [3.05, 3.63) is 93.7 Å². The number of hydrogen-bond donors (Lipinski definition) is 3. The van der Waals surface area contributed by atoms with Crippen molar-refractivity contribution < 1.29 is 4.74 Å². The minimum Gasteiger partial charge on any atom is -0.424 e. The van der Waals surface area contributed by atoms with Gasteiger partial charge in [-0.2, -0.15) is 5.26 Å². The minimum absolute atomic E-state index is 0.00349. The molecule has 0 bridgehead atoms. The Labute approximate surface area is 159 Å². The molecule has 0 aromatic heterocycles. The number of rotatable bonds is 4. The van der Waals surface area contributed by atoms with Crippen LogP contribution in [0, 0.1) is 30.6 Å². The number of allylic oxidation sites excluding steroid dienone is 2. The van der Waals surface area contributed by atoms with E-state index < -0.39 is 5.92 Å². The summed E-state index contributed by atoms with van der Waals surface area (Å²) in [5.74, 6) is -0.436. The van der Waals surface area contributed by atoms with Crippen molar-refractivity contribution in [2.45, 2.75) is 26.2 Å². The molecule has 1 heterocycles. The van der Waals surface area contributed by atoms with Crippen molar-refractivity contribution in [2.75, 3.05) is 0 Å². The Morgan fingerprint density at radius 2 is 1.81 bits per heavy atom. The lowest BCUT2D eigenvalue weighted by atomic mass is 9.79. The van der Waals surface area contributed by atoms with Gasteiger partial charge in [0.2, 0.25) is 5.88 Å². The van der Waals surface area contributed by atoms with Crippen molar-refractivity contribution in [2.24, 2.45) is 11.5 Å². The molecule has 1 unspecified atom stereocenters. The van der Waals surface area contributed by atoms with Gasteiger partial charge in [0.25, 0.3) is 0 Å². The van der Waals surface area contributed by atoms with Crippen molar-refractivity contribution in [1.29, 1.82) is 10.7 Å². The molecule has 3 rings (SSSR count). The average Bonchev–Trinajstić information content (AvgIpc) is 2.62. The van der Waals surface area contributed by atoms with E-state index in [1.807, 2.05) is 62.4 Å². The van der Waals surface area contributed by atoms with Gasteiger partial charge in [0, 0.05) is 17.7 Å². The maximum absolute atomic E-state index is 9.71. The van der Waals surface area contributed by atoms with E-state index in [1.54, 1.807) is 0 Å². The Hall–Kier alpha value is -3.52. The van der Waals surface area contributed by atoms with Crippen LogP contribution in [0.1, 0.15) is 28.2 Å². The zero-order valence-electron chi connectivity index (χ0n) is 15.4. The van der Waals surface area contributed by atoms with Crippen LogP contribution < -0.4 is 11.5 Å². The molecule has 1 aliphatic heterocycles. The molecule has 0 aliphatic carbocycles. The Morgan fingerprint density at radius 1 is 1.11 bits per heavy atom. The van der Waals surface area contributed by atoms with Gasteiger partial charge in [-0.05, 0) is 30.5 Å². The monoisotopic (exact) mass is 358 g/mol. The summed E-state index contributed by atoms with van der Waals surface area (Å²) < 4.78 is 5.43. The third-order valence-electron chi connectivity index (χ3n) is 4.73. The highest BCUT2D eigenvalue weighted by molar-refractivity contribution is 6.02. The molecule has 1 aliphatic rings. The van der Waals surface area contributed by atoms with E-state index in [0.29, 0.717) is 17.7 Å². The summed E-state index contributed by atoms with van der Waals surface area (Å²) in [7, 11) is 0. The molecule has 136 valence electrons. The third-order valence-corrected chi connectivity index (χ3v) is 4.73. The standard InChI is InChI=1S/C22H22N4O/c1-13-8-9-16(14(2)10-13)19-17(12-23)21(25)27-22(26)20(19)18(24)11-15-6-4-3-5-7-15/h3-10,19,24H,11,25-26H2,1-2H3. The lowest BCUT2D eigenvalue weighted by molar-refractivity contribution is 0.277. The molecular formula is C22H22N4O. The first-order valence-electron chi connectivity index (χ1n) is 8.68. The van der Waals surface area contributed by atoms with Gasteiger partial charge in [-0.1, -0.05) is 54.1 Å². The van der Waals surface area contributed by atoms with E-state index in [0.717, 1.165) is 22.3 Å². The fourth-order valence-electron chi connectivity index (χ4n) is 3.46. The van der Waals surface area contributed by atoms with Gasteiger partial charge in [0.15, 0.2) is 5.88 Å². The van der Waals surface area contributed by atoms with Crippen molar-refractivity contribution in [3.63, 3.8) is 0 Å². The van der Waals surface area contributed by atoms with Crippen molar-refractivity contribution in [3.8, 4) is 6.07 Å². The Kier molecular flexibility index (Phi) is 5.00. The molecule has 0 saturated heterocycles. The van der Waals surface area contributed by atoms with Crippen LogP contribution in [0.25, 0.3) is 0 Å². The van der Waals surface area contributed by atoms with Crippen LogP contribution in [0.5, 0.6) is 0 Å². The highest BCUT2D eigenvalue weighted by Crippen LogP contribution is 2.40. The maximum Gasteiger partial charge on any atom is 0.207 e. The minimum atomic E-state index is -0.513. The van der Waals surface area contributed by atoms with Crippen LogP contribution in [0.4, 0.5) is 0 Å². The molecule has 0 spiro atoms. The molecule has 2 aromatic rings. The first-order valence-corrected chi connectivity index (χ1v) is 8.68. The van der Waals surface area contributed by atoms with Gasteiger partial charge in [-0.3, -0.25) is 0 Å². The Balaban J connectivity index is 2.10. The lowest BCUT2D eigenvalue weighted by Gasteiger charge is -2.29. The van der Waals surface area contributed by atoms with E-state index in [4.69, 9.17) is 21.6 Å². The molecule has 1 atom stereocenters. The van der Waals surface area contributed by atoms with E-state index in [9.17, 15) is 5.26 Å². The molecule has 2 aromatic carbocycles. The quantitative estimate of drug-likeness (QED) is 0.726. The smallest absolute Gasteiger partial charge is 0.207 e. The number of hydrogen-bond acceptors (Lipinski definition) is 5. The number of nitrogens with zero attached hydrogens (tertiary/aromatic N) is 1. The summed E-state index contributed by atoms with van der Waals surface area (Å²) in [4.78, 5) is 0. The van der Waals surface area contributed by atoms with Gasteiger partial charge in [-0.15, -0.1) is 0 Å². The summed E-state index contributed by atoms with van der Waals surface area (Å²) >= 11 is 0. The van der Waals surface area contributed by atoms with E-state index >= 15 is 0 Å². The fraction of sp³-hybridized carbons (Fsp3) is 0.182. The number of ether oxygens (including phenoxy) is 1. The van der Waals surface area contributed by atoms with Crippen LogP contribution >= 0.6 is 0 Å². The molecule has 5 heteroatoms. The van der Waals surface area contributed by atoms with Crippen LogP contribution in [0.2, 0.25) is 0 Å². The number of aryl methyl sites for hydroxylation is 2. The second-order valence-corrected chi connectivity index (χ2v) is 6.70. The van der Waals surface area contributed by atoms with Crippen LogP contribution in [0.15, 0.2) is 71.4 Å². The normalized spacial score (nSPS) is 16.7.